The van der Waals surface area contributed by atoms with E-state index in [2.05, 4.69) is 20.8 Å². The molecule has 0 atom stereocenters. The summed E-state index contributed by atoms with van der Waals surface area (Å²) < 4.78 is 5.17. The van der Waals surface area contributed by atoms with E-state index in [-0.39, 0.29) is 18.2 Å². The standard InChI is InChI=1S/C17H16N4O3S/c1-11(22)18-13-3-2-4-14(9-13)19-15(23)5-6-16-20-17(21-24-16)12-7-8-25-10-12/h2-4,7-10H,5-6H2,1H3,(H,18,22)(H,19,23). The van der Waals surface area contributed by atoms with Crippen LogP contribution in [0.15, 0.2) is 45.6 Å². The summed E-state index contributed by atoms with van der Waals surface area (Å²) in [5.74, 6) is 0.611. The Bertz CT molecular complexity index is 874. The van der Waals surface area contributed by atoms with E-state index >= 15 is 0 Å². The second kappa shape index (κ2) is 7.71. The Balaban J connectivity index is 1.54. The second-order valence-electron chi connectivity index (χ2n) is 5.33. The van der Waals surface area contributed by atoms with Gasteiger partial charge in [0.05, 0.1) is 0 Å². The van der Waals surface area contributed by atoms with Crippen LogP contribution in [0, 0.1) is 0 Å². The van der Waals surface area contributed by atoms with Crippen LogP contribution < -0.4 is 10.6 Å². The third kappa shape index (κ3) is 4.74. The van der Waals surface area contributed by atoms with Crippen LogP contribution in [0.3, 0.4) is 0 Å². The number of nitrogens with zero attached hydrogens (tertiary/aromatic N) is 2. The number of anilines is 2. The minimum absolute atomic E-state index is 0.165. The maximum atomic E-state index is 12.1. The van der Waals surface area contributed by atoms with Crippen LogP contribution in [0.1, 0.15) is 19.2 Å². The minimum atomic E-state index is -0.171. The van der Waals surface area contributed by atoms with E-state index < -0.39 is 0 Å². The molecule has 0 aliphatic heterocycles. The molecule has 3 rings (SSSR count). The Hall–Kier alpha value is -3.00. The summed E-state index contributed by atoms with van der Waals surface area (Å²) in [7, 11) is 0. The summed E-state index contributed by atoms with van der Waals surface area (Å²) in [6, 6.07) is 8.87. The molecule has 2 N–H and O–H groups in total. The number of aromatic nitrogens is 2. The summed E-state index contributed by atoms with van der Waals surface area (Å²) in [4.78, 5) is 27.4. The molecule has 2 heterocycles. The van der Waals surface area contributed by atoms with Gasteiger partial charge in [-0.15, -0.1) is 0 Å². The van der Waals surface area contributed by atoms with E-state index in [1.165, 1.54) is 6.92 Å². The van der Waals surface area contributed by atoms with Crippen LogP contribution in [-0.4, -0.2) is 22.0 Å². The van der Waals surface area contributed by atoms with E-state index in [1.54, 1.807) is 35.6 Å². The fourth-order valence-electron chi connectivity index (χ4n) is 2.19. The first-order valence-electron chi connectivity index (χ1n) is 7.63. The highest BCUT2D eigenvalue weighted by Gasteiger charge is 2.11. The molecule has 0 bridgehead atoms. The molecule has 0 saturated heterocycles. The molecule has 0 spiro atoms. The average Bonchev–Trinajstić information content (AvgIpc) is 3.24. The molecule has 7 nitrogen and oxygen atoms in total. The van der Waals surface area contributed by atoms with Crippen molar-refractivity contribution >= 4 is 34.5 Å². The van der Waals surface area contributed by atoms with Crippen LogP contribution in [0.4, 0.5) is 11.4 Å². The van der Waals surface area contributed by atoms with Gasteiger partial charge in [-0.25, -0.2) is 0 Å². The molecule has 2 aromatic heterocycles. The number of hydrogen-bond donors (Lipinski definition) is 2. The molecule has 0 saturated carbocycles. The van der Waals surface area contributed by atoms with Crippen molar-refractivity contribution in [2.24, 2.45) is 0 Å². The van der Waals surface area contributed by atoms with Gasteiger partial charge in [-0.2, -0.15) is 16.3 Å². The Morgan fingerprint density at radius 2 is 2.00 bits per heavy atom. The van der Waals surface area contributed by atoms with Crippen molar-refractivity contribution < 1.29 is 14.1 Å². The fourth-order valence-corrected chi connectivity index (χ4v) is 2.82. The molecule has 3 aromatic rings. The lowest BCUT2D eigenvalue weighted by molar-refractivity contribution is -0.116. The number of thiophene rings is 1. The number of benzene rings is 1. The Labute approximate surface area is 148 Å². The zero-order valence-electron chi connectivity index (χ0n) is 13.5. The average molecular weight is 356 g/mol. The number of carbonyl (C=O) groups is 2. The van der Waals surface area contributed by atoms with E-state index in [9.17, 15) is 9.59 Å². The molecule has 1 aromatic carbocycles. The van der Waals surface area contributed by atoms with Crippen LogP contribution in [0.25, 0.3) is 11.4 Å². The van der Waals surface area contributed by atoms with E-state index in [1.807, 2.05) is 16.8 Å². The number of hydrogen-bond acceptors (Lipinski definition) is 6. The van der Waals surface area contributed by atoms with Gasteiger partial charge in [0.1, 0.15) is 0 Å². The lowest BCUT2D eigenvalue weighted by atomic mass is 10.2. The topological polar surface area (TPSA) is 97.1 Å². The van der Waals surface area contributed by atoms with Crippen molar-refractivity contribution in [1.82, 2.24) is 10.1 Å². The molecule has 0 aliphatic rings. The number of nitrogens with one attached hydrogen (secondary N) is 2. The molecular weight excluding hydrogens is 340 g/mol. The Morgan fingerprint density at radius 1 is 1.20 bits per heavy atom. The van der Waals surface area contributed by atoms with Gasteiger partial charge in [-0.1, -0.05) is 11.2 Å². The first-order chi connectivity index (χ1) is 12.1. The maximum absolute atomic E-state index is 12.1. The molecule has 128 valence electrons. The predicted molar refractivity (Wildman–Crippen MR) is 95.3 cm³/mol. The van der Waals surface area contributed by atoms with Crippen molar-refractivity contribution in [3.05, 3.63) is 47.0 Å². The first kappa shape index (κ1) is 16.8. The number of carbonyl (C=O) groups excluding carboxylic acids is 2. The molecular formula is C17H16N4O3S. The zero-order valence-corrected chi connectivity index (χ0v) is 14.3. The van der Waals surface area contributed by atoms with Gasteiger partial charge in [-0.05, 0) is 29.6 Å². The Kier molecular flexibility index (Phi) is 5.20. The second-order valence-corrected chi connectivity index (χ2v) is 6.11. The van der Waals surface area contributed by atoms with Gasteiger partial charge in [-0.3, -0.25) is 9.59 Å². The molecule has 25 heavy (non-hydrogen) atoms. The summed E-state index contributed by atoms with van der Waals surface area (Å²) in [6.45, 7) is 1.43. The summed E-state index contributed by atoms with van der Waals surface area (Å²) in [5, 5.41) is 13.2. The number of aryl methyl sites for hydroxylation is 1. The molecule has 8 heteroatoms. The van der Waals surface area contributed by atoms with Crippen molar-refractivity contribution in [2.45, 2.75) is 19.8 Å². The number of rotatable bonds is 6. The highest BCUT2D eigenvalue weighted by Crippen LogP contribution is 2.19. The largest absolute Gasteiger partial charge is 0.339 e. The minimum Gasteiger partial charge on any atom is -0.339 e. The van der Waals surface area contributed by atoms with Gasteiger partial charge in [0.15, 0.2) is 0 Å². The summed E-state index contributed by atoms with van der Waals surface area (Å²) >= 11 is 1.56. The SMILES string of the molecule is CC(=O)Nc1cccc(NC(=O)CCc2nc(-c3ccsc3)no2)c1. The normalized spacial score (nSPS) is 10.4. The summed E-state index contributed by atoms with van der Waals surface area (Å²) in [6.07, 6.45) is 0.573. The third-order valence-electron chi connectivity index (χ3n) is 3.28. The lowest BCUT2D eigenvalue weighted by Crippen LogP contribution is -2.13. The highest BCUT2D eigenvalue weighted by atomic mass is 32.1. The van der Waals surface area contributed by atoms with Crippen LogP contribution in [-0.2, 0) is 16.0 Å². The van der Waals surface area contributed by atoms with E-state index in [0.717, 1.165) is 5.56 Å². The molecule has 0 fully saturated rings. The maximum Gasteiger partial charge on any atom is 0.227 e. The van der Waals surface area contributed by atoms with Gasteiger partial charge in [0.25, 0.3) is 0 Å². The molecule has 2 amide bonds. The van der Waals surface area contributed by atoms with E-state index in [0.29, 0.717) is 29.5 Å². The van der Waals surface area contributed by atoms with Crippen molar-refractivity contribution in [3.63, 3.8) is 0 Å². The predicted octanol–water partition coefficient (Wildman–Crippen LogP) is 3.33. The lowest BCUT2D eigenvalue weighted by Gasteiger charge is -2.07. The summed E-state index contributed by atoms with van der Waals surface area (Å²) in [5.41, 5.74) is 2.14. The van der Waals surface area contributed by atoms with Crippen molar-refractivity contribution in [1.29, 1.82) is 0 Å². The van der Waals surface area contributed by atoms with Gasteiger partial charge < -0.3 is 15.2 Å². The highest BCUT2D eigenvalue weighted by molar-refractivity contribution is 7.08. The van der Waals surface area contributed by atoms with Crippen molar-refractivity contribution in [3.8, 4) is 11.4 Å². The molecule has 0 radical (unpaired) electrons. The number of amides is 2. The smallest absolute Gasteiger partial charge is 0.227 e. The Morgan fingerprint density at radius 3 is 2.72 bits per heavy atom. The third-order valence-corrected chi connectivity index (χ3v) is 3.96. The zero-order chi connectivity index (χ0) is 17.6. The molecule has 0 unspecified atom stereocenters. The van der Waals surface area contributed by atoms with Gasteiger partial charge >= 0.3 is 0 Å². The van der Waals surface area contributed by atoms with Crippen molar-refractivity contribution in [2.75, 3.05) is 10.6 Å². The van der Waals surface area contributed by atoms with Crippen LogP contribution >= 0.6 is 11.3 Å². The van der Waals surface area contributed by atoms with Gasteiger partial charge in [0, 0.05) is 42.1 Å². The first-order valence-corrected chi connectivity index (χ1v) is 8.57. The molecule has 0 aliphatic carbocycles. The van der Waals surface area contributed by atoms with Gasteiger partial charge in [0.2, 0.25) is 23.5 Å². The van der Waals surface area contributed by atoms with E-state index in [4.69, 9.17) is 4.52 Å². The van der Waals surface area contributed by atoms with Crippen LogP contribution in [0.5, 0.6) is 0 Å². The van der Waals surface area contributed by atoms with Crippen LogP contribution in [0.2, 0.25) is 0 Å². The fraction of sp³-hybridized carbons (Fsp3) is 0.176. The quantitative estimate of drug-likeness (QED) is 0.706. The monoisotopic (exact) mass is 356 g/mol.